The Morgan fingerprint density at radius 1 is 0.806 bits per heavy atom. The van der Waals surface area contributed by atoms with E-state index in [1.807, 2.05) is 6.92 Å². The fourth-order valence-electron chi connectivity index (χ4n) is 5.51. The van der Waals surface area contributed by atoms with E-state index in [9.17, 15) is 4.79 Å². The van der Waals surface area contributed by atoms with Crippen LogP contribution in [0.5, 0.6) is 0 Å². The van der Waals surface area contributed by atoms with Gasteiger partial charge in [0.15, 0.2) is 0 Å². The Hall–Kier alpha value is -2.66. The van der Waals surface area contributed by atoms with Gasteiger partial charge in [0.05, 0.1) is 0 Å². The third kappa shape index (κ3) is 6.00. The summed E-state index contributed by atoms with van der Waals surface area (Å²) in [7, 11) is 0. The molecule has 0 atom stereocenters. The molecule has 0 saturated carbocycles. The van der Waals surface area contributed by atoms with Gasteiger partial charge in [0.1, 0.15) is 0 Å². The second kappa shape index (κ2) is 11.6. The Morgan fingerprint density at radius 2 is 1.47 bits per heavy atom. The number of aryl methyl sites for hydroxylation is 1. The van der Waals surface area contributed by atoms with Crippen LogP contribution < -0.4 is 0 Å². The van der Waals surface area contributed by atoms with E-state index in [2.05, 4.69) is 87.5 Å². The van der Waals surface area contributed by atoms with E-state index in [4.69, 9.17) is 11.6 Å². The Kier molecular flexibility index (Phi) is 8.05. The highest BCUT2D eigenvalue weighted by Crippen LogP contribution is 2.30. The number of hydrogen-bond acceptors (Lipinski definition) is 3. The second-order valence-corrected chi connectivity index (χ2v) is 10.7. The molecule has 188 valence electrons. The smallest absolute Gasteiger partial charge is 0.225 e. The molecular formula is C31H36ClN3O. The molecule has 0 spiro atoms. The molecule has 0 N–H and O–H groups in total. The highest BCUT2D eigenvalue weighted by molar-refractivity contribution is 6.31. The minimum absolute atomic E-state index is 0.160. The lowest BCUT2D eigenvalue weighted by molar-refractivity contribution is -0.139. The maximum absolute atomic E-state index is 13.3. The van der Waals surface area contributed by atoms with Crippen LogP contribution >= 0.6 is 11.6 Å². The first kappa shape index (κ1) is 25.0. The van der Waals surface area contributed by atoms with Crippen molar-refractivity contribution in [2.75, 3.05) is 39.3 Å². The lowest BCUT2D eigenvalue weighted by atomic mass is 9.93. The van der Waals surface area contributed by atoms with Crippen molar-refractivity contribution in [2.24, 2.45) is 5.92 Å². The summed E-state index contributed by atoms with van der Waals surface area (Å²) in [6.07, 6.45) is 1.89. The maximum atomic E-state index is 13.3. The molecule has 0 aliphatic carbocycles. The quantitative estimate of drug-likeness (QED) is 0.422. The number of amides is 1. The van der Waals surface area contributed by atoms with Gasteiger partial charge in [0, 0.05) is 50.2 Å². The molecule has 2 aliphatic rings. The van der Waals surface area contributed by atoms with Crippen molar-refractivity contribution in [1.82, 2.24) is 14.7 Å². The first-order valence-electron chi connectivity index (χ1n) is 13.2. The molecule has 3 aromatic carbocycles. The van der Waals surface area contributed by atoms with Gasteiger partial charge in [-0.15, -0.1) is 0 Å². The lowest BCUT2D eigenvalue weighted by Crippen LogP contribution is -2.51. The van der Waals surface area contributed by atoms with Gasteiger partial charge >= 0.3 is 0 Å². The molecule has 2 heterocycles. The molecule has 2 saturated heterocycles. The molecule has 0 unspecified atom stereocenters. The van der Waals surface area contributed by atoms with E-state index < -0.39 is 0 Å². The van der Waals surface area contributed by atoms with Gasteiger partial charge in [-0.25, -0.2) is 0 Å². The zero-order valence-corrected chi connectivity index (χ0v) is 22.0. The topological polar surface area (TPSA) is 26.8 Å². The molecule has 5 heteroatoms. The Morgan fingerprint density at radius 3 is 2.19 bits per heavy atom. The standard InChI is InChI=1S/C31H36ClN3O/c1-24-11-12-27(21-30(24)32)29-10-6-5-9-28(29)23-33-15-13-26(14-16-33)31(36)35-19-17-34(18-20-35)22-25-7-3-2-4-8-25/h2-12,21,26H,13-20,22-23H2,1H3. The van der Waals surface area contributed by atoms with E-state index in [-0.39, 0.29) is 5.92 Å². The monoisotopic (exact) mass is 501 g/mol. The van der Waals surface area contributed by atoms with Gasteiger partial charge in [0.25, 0.3) is 0 Å². The lowest BCUT2D eigenvalue weighted by Gasteiger charge is -2.38. The Labute approximate surface area is 220 Å². The summed E-state index contributed by atoms with van der Waals surface area (Å²) in [6, 6.07) is 25.5. The van der Waals surface area contributed by atoms with E-state index >= 15 is 0 Å². The van der Waals surface area contributed by atoms with Crippen molar-refractivity contribution in [3.63, 3.8) is 0 Å². The predicted molar refractivity (Wildman–Crippen MR) is 148 cm³/mol. The number of halogens is 1. The molecule has 2 fully saturated rings. The highest BCUT2D eigenvalue weighted by Gasteiger charge is 2.30. The van der Waals surface area contributed by atoms with E-state index in [0.717, 1.165) is 81.3 Å². The zero-order chi connectivity index (χ0) is 24.9. The van der Waals surface area contributed by atoms with Crippen LogP contribution in [0.3, 0.4) is 0 Å². The fraction of sp³-hybridized carbons (Fsp3) is 0.387. The molecular weight excluding hydrogens is 466 g/mol. The molecule has 3 aromatic rings. The van der Waals surface area contributed by atoms with Gasteiger partial charge < -0.3 is 4.90 Å². The largest absolute Gasteiger partial charge is 0.340 e. The zero-order valence-electron chi connectivity index (χ0n) is 21.2. The SMILES string of the molecule is Cc1ccc(-c2ccccc2CN2CCC(C(=O)N3CCN(Cc4ccccc4)CC3)CC2)cc1Cl. The van der Waals surface area contributed by atoms with Crippen molar-refractivity contribution in [3.05, 3.63) is 94.5 Å². The highest BCUT2D eigenvalue weighted by atomic mass is 35.5. The van der Waals surface area contributed by atoms with Crippen LogP contribution in [-0.2, 0) is 17.9 Å². The van der Waals surface area contributed by atoms with Crippen molar-refractivity contribution in [3.8, 4) is 11.1 Å². The summed E-state index contributed by atoms with van der Waals surface area (Å²) < 4.78 is 0. The molecule has 0 aromatic heterocycles. The summed E-state index contributed by atoms with van der Waals surface area (Å²) >= 11 is 6.41. The number of nitrogens with zero attached hydrogens (tertiary/aromatic N) is 3. The maximum Gasteiger partial charge on any atom is 0.225 e. The van der Waals surface area contributed by atoms with Crippen LogP contribution in [0.4, 0.5) is 0 Å². The number of rotatable bonds is 6. The van der Waals surface area contributed by atoms with Crippen molar-refractivity contribution < 1.29 is 4.79 Å². The minimum Gasteiger partial charge on any atom is -0.340 e. The van der Waals surface area contributed by atoms with Crippen LogP contribution in [0, 0.1) is 12.8 Å². The van der Waals surface area contributed by atoms with Gasteiger partial charge in [-0.2, -0.15) is 0 Å². The van der Waals surface area contributed by atoms with Crippen LogP contribution in [0.15, 0.2) is 72.8 Å². The first-order valence-corrected chi connectivity index (χ1v) is 13.6. The van der Waals surface area contributed by atoms with Crippen LogP contribution in [-0.4, -0.2) is 59.9 Å². The van der Waals surface area contributed by atoms with Crippen LogP contribution in [0.2, 0.25) is 5.02 Å². The number of piperidine rings is 1. The third-order valence-electron chi connectivity index (χ3n) is 7.76. The molecule has 5 rings (SSSR count). The van der Waals surface area contributed by atoms with Crippen molar-refractivity contribution in [1.29, 1.82) is 0 Å². The number of likely N-dealkylation sites (tertiary alicyclic amines) is 1. The number of piperazine rings is 1. The molecule has 0 bridgehead atoms. The van der Waals surface area contributed by atoms with Gasteiger partial charge in [0.2, 0.25) is 5.91 Å². The van der Waals surface area contributed by atoms with E-state index in [0.29, 0.717) is 5.91 Å². The number of carbonyl (C=O) groups is 1. The summed E-state index contributed by atoms with van der Waals surface area (Å²) in [5.74, 6) is 0.525. The molecule has 4 nitrogen and oxygen atoms in total. The summed E-state index contributed by atoms with van der Waals surface area (Å²) in [5.41, 5.74) is 6.17. The average Bonchev–Trinajstić information content (AvgIpc) is 2.92. The van der Waals surface area contributed by atoms with Gasteiger partial charge in [-0.1, -0.05) is 78.3 Å². The number of carbonyl (C=O) groups excluding carboxylic acids is 1. The third-order valence-corrected chi connectivity index (χ3v) is 8.17. The summed E-state index contributed by atoms with van der Waals surface area (Å²) in [5, 5.41) is 0.808. The number of benzene rings is 3. The predicted octanol–water partition coefficient (Wildman–Crippen LogP) is 5.87. The fourth-order valence-corrected chi connectivity index (χ4v) is 5.69. The van der Waals surface area contributed by atoms with Gasteiger partial charge in [-0.3, -0.25) is 14.6 Å². The second-order valence-electron chi connectivity index (χ2n) is 10.3. The molecule has 1 amide bonds. The normalized spacial score (nSPS) is 17.9. The van der Waals surface area contributed by atoms with Gasteiger partial charge in [-0.05, 0) is 66.7 Å². The summed E-state index contributed by atoms with van der Waals surface area (Å²) in [6.45, 7) is 9.45. The van der Waals surface area contributed by atoms with E-state index in [1.165, 1.54) is 16.7 Å². The number of hydrogen-bond donors (Lipinski definition) is 0. The van der Waals surface area contributed by atoms with E-state index in [1.54, 1.807) is 0 Å². The molecule has 2 aliphatic heterocycles. The van der Waals surface area contributed by atoms with Crippen LogP contribution in [0.25, 0.3) is 11.1 Å². The van der Waals surface area contributed by atoms with Crippen molar-refractivity contribution >= 4 is 17.5 Å². The minimum atomic E-state index is 0.160. The molecule has 0 radical (unpaired) electrons. The Balaban J connectivity index is 1.12. The Bertz CT molecular complexity index is 1170. The summed E-state index contributed by atoms with van der Waals surface area (Å²) in [4.78, 5) is 20.3. The van der Waals surface area contributed by atoms with Crippen molar-refractivity contribution in [2.45, 2.75) is 32.9 Å². The van der Waals surface area contributed by atoms with Crippen LogP contribution in [0.1, 0.15) is 29.5 Å². The molecule has 36 heavy (non-hydrogen) atoms. The average molecular weight is 502 g/mol. The first-order chi connectivity index (χ1) is 17.6.